The summed E-state index contributed by atoms with van der Waals surface area (Å²) in [5.74, 6) is -1.60. The number of ether oxygens (including phenoxy) is 1. The third kappa shape index (κ3) is 5.43. The van der Waals surface area contributed by atoms with Gasteiger partial charge in [-0.3, -0.25) is 14.9 Å². The van der Waals surface area contributed by atoms with E-state index in [1.54, 1.807) is 29.9 Å². The molecule has 2 atom stereocenters. The molecular formula is C22H27N3O6S. The Hall–Kier alpha value is -2.98. The molecule has 1 aliphatic heterocycles. The number of carbonyl (C=O) groups excluding carboxylic acids is 3. The monoisotopic (exact) mass is 461 g/mol. The predicted molar refractivity (Wildman–Crippen MR) is 116 cm³/mol. The van der Waals surface area contributed by atoms with Crippen LogP contribution in [-0.2, 0) is 26.6 Å². The quantitative estimate of drug-likeness (QED) is 0.656. The smallest absolute Gasteiger partial charge is 0.338 e. The van der Waals surface area contributed by atoms with Crippen molar-refractivity contribution in [3.8, 4) is 0 Å². The van der Waals surface area contributed by atoms with E-state index >= 15 is 0 Å². The van der Waals surface area contributed by atoms with Gasteiger partial charge in [0.15, 0.2) is 6.61 Å². The molecule has 2 amide bonds. The highest BCUT2D eigenvalue weighted by Gasteiger charge is 2.31. The van der Waals surface area contributed by atoms with E-state index in [1.165, 1.54) is 28.6 Å². The number of benzene rings is 1. The lowest BCUT2D eigenvalue weighted by atomic mass is 9.94. The van der Waals surface area contributed by atoms with E-state index in [0.717, 1.165) is 6.42 Å². The van der Waals surface area contributed by atoms with Crippen molar-refractivity contribution < 1.29 is 27.5 Å². The molecular weight excluding hydrogens is 434 g/mol. The average molecular weight is 462 g/mol. The summed E-state index contributed by atoms with van der Waals surface area (Å²) in [5.41, 5.74) is 0.393. The molecule has 2 heterocycles. The van der Waals surface area contributed by atoms with Gasteiger partial charge in [-0.25, -0.2) is 13.2 Å². The summed E-state index contributed by atoms with van der Waals surface area (Å²) in [6.45, 7) is 4.35. The van der Waals surface area contributed by atoms with E-state index in [4.69, 9.17) is 4.74 Å². The van der Waals surface area contributed by atoms with Crippen molar-refractivity contribution in [1.82, 2.24) is 14.2 Å². The van der Waals surface area contributed by atoms with Gasteiger partial charge in [-0.15, -0.1) is 0 Å². The molecule has 32 heavy (non-hydrogen) atoms. The number of rotatable bonds is 6. The van der Waals surface area contributed by atoms with Gasteiger partial charge < -0.3 is 9.30 Å². The molecule has 3 rings (SSSR count). The predicted octanol–water partition coefficient (Wildman–Crippen LogP) is 1.81. The van der Waals surface area contributed by atoms with Crippen LogP contribution in [0.3, 0.4) is 0 Å². The number of piperidine rings is 1. The van der Waals surface area contributed by atoms with Gasteiger partial charge in [-0.2, -0.15) is 4.31 Å². The van der Waals surface area contributed by atoms with Crippen molar-refractivity contribution in [2.75, 3.05) is 19.7 Å². The minimum Gasteiger partial charge on any atom is -0.452 e. The Kier molecular flexibility index (Phi) is 7.15. The maximum atomic E-state index is 12.9. The van der Waals surface area contributed by atoms with Gasteiger partial charge in [0.25, 0.3) is 11.8 Å². The fraction of sp³-hybridized carbons (Fsp3) is 0.409. The summed E-state index contributed by atoms with van der Waals surface area (Å²) in [7, 11) is -1.99. The largest absolute Gasteiger partial charge is 0.452 e. The number of aryl methyl sites for hydroxylation is 1. The van der Waals surface area contributed by atoms with Crippen molar-refractivity contribution in [3.63, 3.8) is 0 Å². The van der Waals surface area contributed by atoms with Crippen LogP contribution in [0, 0.1) is 11.8 Å². The van der Waals surface area contributed by atoms with Gasteiger partial charge in [0.1, 0.15) is 5.69 Å². The Balaban J connectivity index is 1.57. The van der Waals surface area contributed by atoms with E-state index in [0.29, 0.717) is 18.8 Å². The molecule has 9 nitrogen and oxygen atoms in total. The lowest BCUT2D eigenvalue weighted by Crippen LogP contribution is -2.42. The number of nitrogens with one attached hydrogen (secondary N) is 1. The highest BCUT2D eigenvalue weighted by molar-refractivity contribution is 7.89. The molecule has 10 heteroatoms. The number of esters is 1. The lowest BCUT2D eigenvalue weighted by Gasteiger charge is -2.34. The summed E-state index contributed by atoms with van der Waals surface area (Å²) >= 11 is 0. The van der Waals surface area contributed by atoms with Crippen LogP contribution in [0.15, 0.2) is 47.5 Å². The molecule has 172 valence electrons. The second kappa shape index (κ2) is 9.66. The maximum absolute atomic E-state index is 12.9. The molecule has 1 N–H and O–H groups in total. The van der Waals surface area contributed by atoms with Crippen molar-refractivity contribution in [2.24, 2.45) is 18.9 Å². The molecule has 0 bridgehead atoms. The van der Waals surface area contributed by atoms with Crippen LogP contribution < -0.4 is 5.32 Å². The Morgan fingerprint density at radius 2 is 1.69 bits per heavy atom. The molecule has 0 radical (unpaired) electrons. The van der Waals surface area contributed by atoms with Gasteiger partial charge in [-0.1, -0.05) is 13.8 Å². The van der Waals surface area contributed by atoms with Crippen LogP contribution in [0.5, 0.6) is 0 Å². The number of aromatic nitrogens is 1. The third-order valence-electron chi connectivity index (χ3n) is 5.33. The molecule has 0 unspecified atom stereocenters. The van der Waals surface area contributed by atoms with Crippen molar-refractivity contribution in [3.05, 3.63) is 53.9 Å². The number of nitrogens with zero attached hydrogens (tertiary/aromatic N) is 2. The highest BCUT2D eigenvalue weighted by atomic mass is 32.2. The number of hydrogen-bond donors (Lipinski definition) is 1. The lowest BCUT2D eigenvalue weighted by molar-refractivity contribution is -0.123. The van der Waals surface area contributed by atoms with Gasteiger partial charge >= 0.3 is 5.97 Å². The average Bonchev–Trinajstić information content (AvgIpc) is 3.17. The zero-order valence-electron chi connectivity index (χ0n) is 18.3. The van der Waals surface area contributed by atoms with Gasteiger partial charge in [0, 0.05) is 26.3 Å². The van der Waals surface area contributed by atoms with Gasteiger partial charge in [-0.05, 0) is 54.7 Å². The topological polar surface area (TPSA) is 115 Å². The Morgan fingerprint density at radius 1 is 1.06 bits per heavy atom. The van der Waals surface area contributed by atoms with Crippen LogP contribution in [0.4, 0.5) is 0 Å². The minimum absolute atomic E-state index is 0.0984. The molecule has 1 aromatic carbocycles. The molecule has 1 aromatic heterocycles. The molecule has 1 aliphatic rings. The van der Waals surface area contributed by atoms with E-state index in [2.05, 4.69) is 5.32 Å². The van der Waals surface area contributed by atoms with Gasteiger partial charge in [0.05, 0.1) is 10.5 Å². The van der Waals surface area contributed by atoms with Gasteiger partial charge in [0.2, 0.25) is 10.0 Å². The zero-order valence-corrected chi connectivity index (χ0v) is 19.1. The zero-order chi connectivity index (χ0) is 23.5. The fourth-order valence-electron chi connectivity index (χ4n) is 3.85. The summed E-state index contributed by atoms with van der Waals surface area (Å²) in [6.07, 6.45) is 2.65. The fourth-order valence-corrected chi connectivity index (χ4v) is 5.53. The number of amides is 2. The normalized spacial score (nSPS) is 19.3. The van der Waals surface area contributed by atoms with E-state index < -0.39 is 34.4 Å². The number of carbonyl (C=O) groups is 3. The summed E-state index contributed by atoms with van der Waals surface area (Å²) in [5, 5.41) is 2.14. The molecule has 0 saturated carbocycles. The van der Waals surface area contributed by atoms with Crippen molar-refractivity contribution >= 4 is 27.8 Å². The first-order valence-corrected chi connectivity index (χ1v) is 11.7. The standard InChI is InChI=1S/C22H27N3O6S/c1-15-11-16(2)13-25(12-15)32(29,30)18-8-6-17(7-9-18)22(28)31-14-20(26)23-21(27)19-5-4-10-24(19)3/h4-10,15-16H,11-14H2,1-3H3,(H,23,26,27)/t15-,16+. The second-order valence-corrected chi connectivity index (χ2v) is 10.2. The highest BCUT2D eigenvalue weighted by Crippen LogP contribution is 2.26. The first-order chi connectivity index (χ1) is 15.1. The summed E-state index contributed by atoms with van der Waals surface area (Å²) in [6, 6.07) is 8.62. The van der Waals surface area contributed by atoms with E-state index in [-0.39, 0.29) is 22.3 Å². The first-order valence-electron chi connectivity index (χ1n) is 10.3. The maximum Gasteiger partial charge on any atom is 0.338 e. The second-order valence-electron chi connectivity index (χ2n) is 8.25. The summed E-state index contributed by atoms with van der Waals surface area (Å²) < 4.78 is 33.8. The van der Waals surface area contributed by atoms with Crippen LogP contribution in [-0.4, -0.2) is 54.8 Å². The number of imide groups is 1. The van der Waals surface area contributed by atoms with E-state index in [1.807, 2.05) is 13.8 Å². The minimum atomic E-state index is -3.66. The molecule has 0 aliphatic carbocycles. The third-order valence-corrected chi connectivity index (χ3v) is 7.17. The van der Waals surface area contributed by atoms with Crippen LogP contribution >= 0.6 is 0 Å². The van der Waals surface area contributed by atoms with Crippen LogP contribution in [0.25, 0.3) is 0 Å². The van der Waals surface area contributed by atoms with Crippen molar-refractivity contribution in [1.29, 1.82) is 0 Å². The van der Waals surface area contributed by atoms with Crippen LogP contribution in [0.2, 0.25) is 0 Å². The molecule has 0 spiro atoms. The SMILES string of the molecule is C[C@@H]1C[C@H](C)CN(S(=O)(=O)c2ccc(C(=O)OCC(=O)NC(=O)c3cccn3C)cc2)C1. The van der Waals surface area contributed by atoms with Crippen LogP contribution in [0.1, 0.15) is 41.1 Å². The number of sulfonamides is 1. The number of hydrogen-bond acceptors (Lipinski definition) is 6. The Labute approximate surface area is 187 Å². The Bertz CT molecular complexity index is 1100. The molecule has 1 saturated heterocycles. The Morgan fingerprint density at radius 3 is 2.25 bits per heavy atom. The van der Waals surface area contributed by atoms with E-state index in [9.17, 15) is 22.8 Å². The molecule has 2 aromatic rings. The summed E-state index contributed by atoms with van der Waals surface area (Å²) in [4.78, 5) is 36.2. The first kappa shape index (κ1) is 23.7. The molecule has 1 fully saturated rings. The van der Waals surface area contributed by atoms with Crippen molar-refractivity contribution in [2.45, 2.75) is 25.2 Å².